The molecule has 0 saturated heterocycles. The van der Waals surface area contributed by atoms with E-state index in [1.165, 1.54) is 19.1 Å². The van der Waals surface area contributed by atoms with Crippen molar-refractivity contribution < 1.29 is 19.1 Å². The molecule has 1 unspecified atom stereocenters. The van der Waals surface area contributed by atoms with E-state index in [1.807, 2.05) is 13.8 Å². The van der Waals surface area contributed by atoms with E-state index in [0.717, 1.165) is 6.07 Å². The van der Waals surface area contributed by atoms with Crippen LogP contribution >= 0.6 is 0 Å². The second-order valence-electron chi connectivity index (χ2n) is 4.94. The Kier molecular flexibility index (Phi) is 5.64. The van der Waals surface area contributed by atoms with Crippen LogP contribution in [0.2, 0.25) is 0 Å². The molecule has 3 N–H and O–H groups in total. The van der Waals surface area contributed by atoms with Crippen LogP contribution in [0.25, 0.3) is 0 Å². The van der Waals surface area contributed by atoms with E-state index in [-0.39, 0.29) is 23.9 Å². The lowest BCUT2D eigenvalue weighted by Gasteiger charge is -2.14. The zero-order chi connectivity index (χ0) is 15.3. The molecule has 1 atom stereocenters. The van der Waals surface area contributed by atoms with Crippen LogP contribution in [0.4, 0.5) is 15.8 Å². The quantitative estimate of drug-likeness (QED) is 0.774. The number of carbonyl (C=O) groups excluding carboxylic acids is 2. The van der Waals surface area contributed by atoms with E-state index in [9.17, 15) is 19.1 Å². The Bertz CT molecular complexity index is 503. The van der Waals surface area contributed by atoms with Crippen molar-refractivity contribution in [2.75, 3.05) is 10.6 Å². The third-order valence-electron chi connectivity index (χ3n) is 2.72. The molecule has 6 heteroatoms. The summed E-state index contributed by atoms with van der Waals surface area (Å²) in [7, 11) is 0. The number of halogens is 1. The highest BCUT2D eigenvalue weighted by Crippen LogP contribution is 2.20. The predicted octanol–water partition coefficient (Wildman–Crippen LogP) is 2.13. The fourth-order valence-corrected chi connectivity index (χ4v) is 1.53. The molecule has 20 heavy (non-hydrogen) atoms. The molecule has 0 saturated carbocycles. The molecular formula is C14H19FN2O3. The van der Waals surface area contributed by atoms with Crippen molar-refractivity contribution in [1.29, 1.82) is 0 Å². The van der Waals surface area contributed by atoms with Gasteiger partial charge in [0.15, 0.2) is 0 Å². The van der Waals surface area contributed by atoms with Crippen molar-refractivity contribution in [2.45, 2.75) is 33.3 Å². The van der Waals surface area contributed by atoms with Crippen LogP contribution in [0, 0.1) is 11.7 Å². The van der Waals surface area contributed by atoms with Crippen LogP contribution in [0.1, 0.15) is 27.2 Å². The van der Waals surface area contributed by atoms with Gasteiger partial charge in [-0.2, -0.15) is 0 Å². The van der Waals surface area contributed by atoms with Crippen molar-refractivity contribution >= 4 is 23.2 Å². The number of aliphatic hydroxyl groups excluding tert-OH is 1. The Morgan fingerprint density at radius 2 is 1.95 bits per heavy atom. The molecule has 5 nitrogen and oxygen atoms in total. The molecule has 110 valence electrons. The molecule has 0 heterocycles. The summed E-state index contributed by atoms with van der Waals surface area (Å²) in [4.78, 5) is 22.6. The van der Waals surface area contributed by atoms with Crippen LogP contribution in [-0.2, 0) is 9.59 Å². The fourth-order valence-electron chi connectivity index (χ4n) is 1.53. The summed E-state index contributed by atoms with van der Waals surface area (Å²) >= 11 is 0. The van der Waals surface area contributed by atoms with Gasteiger partial charge in [0.05, 0.1) is 18.2 Å². The second kappa shape index (κ2) is 7.00. The first-order chi connectivity index (χ1) is 9.29. The molecule has 0 radical (unpaired) electrons. The maximum Gasteiger partial charge on any atom is 0.226 e. The van der Waals surface area contributed by atoms with Gasteiger partial charge in [0.2, 0.25) is 11.8 Å². The highest BCUT2D eigenvalue weighted by molar-refractivity contribution is 5.93. The highest BCUT2D eigenvalue weighted by Gasteiger charge is 2.15. The molecule has 0 fully saturated rings. The molecule has 2 amide bonds. The average molecular weight is 282 g/mol. The molecule has 1 aromatic rings. The van der Waals surface area contributed by atoms with Gasteiger partial charge in [0.1, 0.15) is 5.82 Å². The number of rotatable bonds is 5. The van der Waals surface area contributed by atoms with Crippen molar-refractivity contribution in [3.8, 4) is 0 Å². The number of amides is 2. The Labute approximate surface area is 117 Å². The minimum atomic E-state index is -0.731. The average Bonchev–Trinajstić information content (AvgIpc) is 2.32. The van der Waals surface area contributed by atoms with Gasteiger partial charge in [0, 0.05) is 12.6 Å². The van der Waals surface area contributed by atoms with E-state index >= 15 is 0 Å². The Morgan fingerprint density at radius 3 is 2.50 bits per heavy atom. The lowest BCUT2D eigenvalue weighted by atomic mass is 10.0. The predicted molar refractivity (Wildman–Crippen MR) is 74.8 cm³/mol. The number of anilines is 2. The third-order valence-corrected chi connectivity index (χ3v) is 2.72. The largest absolute Gasteiger partial charge is 0.392 e. The lowest BCUT2D eigenvalue weighted by Crippen LogP contribution is -2.23. The molecule has 0 bridgehead atoms. The third kappa shape index (κ3) is 4.97. The van der Waals surface area contributed by atoms with Crippen molar-refractivity contribution in [3.05, 3.63) is 24.0 Å². The van der Waals surface area contributed by atoms with Crippen LogP contribution < -0.4 is 10.6 Å². The summed E-state index contributed by atoms with van der Waals surface area (Å²) in [5, 5.41) is 14.5. The van der Waals surface area contributed by atoms with Crippen molar-refractivity contribution in [3.63, 3.8) is 0 Å². The van der Waals surface area contributed by atoms with Gasteiger partial charge in [-0.05, 0) is 24.1 Å². The van der Waals surface area contributed by atoms with Gasteiger partial charge in [-0.15, -0.1) is 0 Å². The van der Waals surface area contributed by atoms with Gasteiger partial charge < -0.3 is 15.7 Å². The number of hydrogen-bond donors (Lipinski definition) is 3. The minimum Gasteiger partial charge on any atom is -0.392 e. The SMILES string of the molecule is CC(=O)Nc1cc(NC(=O)CC(O)C(C)C)ccc1F. The first-order valence-corrected chi connectivity index (χ1v) is 6.34. The number of hydrogen-bond acceptors (Lipinski definition) is 3. The summed E-state index contributed by atoms with van der Waals surface area (Å²) in [6.07, 6.45) is -0.768. The summed E-state index contributed by atoms with van der Waals surface area (Å²) in [5.41, 5.74) is 0.357. The molecule has 0 spiro atoms. The normalized spacial score (nSPS) is 12.1. The zero-order valence-corrected chi connectivity index (χ0v) is 11.7. The summed E-state index contributed by atoms with van der Waals surface area (Å²) in [6, 6.07) is 3.87. The molecule has 0 aliphatic carbocycles. The second-order valence-corrected chi connectivity index (χ2v) is 4.94. The van der Waals surface area contributed by atoms with Crippen molar-refractivity contribution in [2.24, 2.45) is 5.92 Å². The van der Waals surface area contributed by atoms with E-state index in [2.05, 4.69) is 10.6 Å². The smallest absolute Gasteiger partial charge is 0.226 e. The molecule has 0 aliphatic rings. The van der Waals surface area contributed by atoms with Gasteiger partial charge in [-0.25, -0.2) is 4.39 Å². The topological polar surface area (TPSA) is 78.4 Å². The Morgan fingerprint density at radius 1 is 1.30 bits per heavy atom. The summed E-state index contributed by atoms with van der Waals surface area (Å²) < 4.78 is 13.4. The van der Waals surface area contributed by atoms with Crippen LogP contribution in [0.15, 0.2) is 18.2 Å². The maximum absolute atomic E-state index is 13.4. The van der Waals surface area contributed by atoms with E-state index in [4.69, 9.17) is 0 Å². The first kappa shape index (κ1) is 16.1. The van der Waals surface area contributed by atoms with Crippen LogP contribution in [0.3, 0.4) is 0 Å². The van der Waals surface area contributed by atoms with E-state index < -0.39 is 17.8 Å². The lowest BCUT2D eigenvalue weighted by molar-refractivity contribution is -0.118. The number of benzene rings is 1. The van der Waals surface area contributed by atoms with Gasteiger partial charge in [-0.1, -0.05) is 13.8 Å². The first-order valence-electron chi connectivity index (χ1n) is 6.34. The summed E-state index contributed by atoms with van der Waals surface area (Å²) in [5.74, 6) is -1.38. The molecule has 0 aliphatic heterocycles. The van der Waals surface area contributed by atoms with Crippen LogP contribution in [0.5, 0.6) is 0 Å². The van der Waals surface area contributed by atoms with E-state index in [1.54, 1.807) is 0 Å². The fraction of sp³-hybridized carbons (Fsp3) is 0.429. The maximum atomic E-state index is 13.4. The van der Waals surface area contributed by atoms with E-state index in [0.29, 0.717) is 5.69 Å². The molecule has 1 rings (SSSR count). The molecule has 0 aromatic heterocycles. The zero-order valence-electron chi connectivity index (χ0n) is 11.7. The number of aliphatic hydroxyl groups is 1. The monoisotopic (exact) mass is 282 g/mol. The van der Waals surface area contributed by atoms with Gasteiger partial charge in [0.25, 0.3) is 0 Å². The molecular weight excluding hydrogens is 263 g/mol. The van der Waals surface area contributed by atoms with Gasteiger partial charge >= 0.3 is 0 Å². The molecule has 1 aromatic carbocycles. The minimum absolute atomic E-state index is 0.000270. The standard InChI is InChI=1S/C14H19FN2O3/c1-8(2)13(19)7-14(20)17-10-4-5-11(15)12(6-10)16-9(3)18/h4-6,8,13,19H,7H2,1-3H3,(H,16,18)(H,17,20). The summed E-state index contributed by atoms with van der Waals surface area (Å²) in [6.45, 7) is 4.89. The number of nitrogens with one attached hydrogen (secondary N) is 2. The number of carbonyl (C=O) groups is 2. The Hall–Kier alpha value is -1.95. The van der Waals surface area contributed by atoms with Crippen LogP contribution in [-0.4, -0.2) is 23.0 Å². The highest BCUT2D eigenvalue weighted by atomic mass is 19.1. The Balaban J connectivity index is 2.73. The van der Waals surface area contributed by atoms with Crippen molar-refractivity contribution in [1.82, 2.24) is 0 Å². The van der Waals surface area contributed by atoms with Gasteiger partial charge in [-0.3, -0.25) is 9.59 Å².